The molecule has 28 heavy (non-hydrogen) atoms. The predicted molar refractivity (Wildman–Crippen MR) is 105 cm³/mol. The van der Waals surface area contributed by atoms with Crippen molar-refractivity contribution in [2.24, 2.45) is 40.4 Å². The Labute approximate surface area is 168 Å². The van der Waals surface area contributed by atoms with Crippen LogP contribution in [0.15, 0.2) is 0 Å². The van der Waals surface area contributed by atoms with Gasteiger partial charge in [0.1, 0.15) is 0 Å². The van der Waals surface area contributed by atoms with Gasteiger partial charge in [-0.05, 0) is 98.2 Å². The van der Waals surface area contributed by atoms with E-state index in [1.54, 1.807) is 0 Å². The third kappa shape index (κ3) is 3.04. The Kier molecular flexibility index (Phi) is 5.33. The van der Waals surface area contributed by atoms with E-state index < -0.39 is 5.97 Å². The fourth-order valence-electron chi connectivity index (χ4n) is 8.26. The van der Waals surface area contributed by atoms with Crippen LogP contribution in [-0.2, 0) is 4.79 Å². The van der Waals surface area contributed by atoms with Crippen molar-refractivity contribution in [3.05, 3.63) is 0 Å². The van der Waals surface area contributed by atoms with Crippen molar-refractivity contribution in [2.75, 3.05) is 0 Å². The van der Waals surface area contributed by atoms with Crippen molar-refractivity contribution >= 4 is 5.97 Å². The van der Waals surface area contributed by atoms with E-state index in [9.17, 15) is 20.1 Å². The minimum Gasteiger partial charge on any atom is -0.481 e. The molecule has 0 unspecified atom stereocenters. The Bertz CT molecular complexity index is 608. The first-order chi connectivity index (χ1) is 13.2. The summed E-state index contributed by atoms with van der Waals surface area (Å²) in [5.41, 5.74) is -0.106. The van der Waals surface area contributed by atoms with Crippen LogP contribution in [0.1, 0.15) is 78.1 Å². The first-order valence-corrected chi connectivity index (χ1v) is 11.4. The van der Waals surface area contributed by atoms with Crippen molar-refractivity contribution in [1.29, 1.82) is 0 Å². The zero-order valence-corrected chi connectivity index (χ0v) is 17.4. The number of carbonyl (C=O) groups is 1. The number of carboxylic acids is 1. The second kappa shape index (κ2) is 7.24. The molecule has 0 spiro atoms. The zero-order chi connectivity index (χ0) is 20.3. The lowest BCUT2D eigenvalue weighted by molar-refractivity contribution is -0.204. The number of aliphatic carboxylic acids is 1. The molecular formula is C23H38O5. The van der Waals surface area contributed by atoms with Gasteiger partial charge in [0.25, 0.3) is 0 Å². The Morgan fingerprint density at radius 3 is 2.46 bits per heavy atom. The van der Waals surface area contributed by atoms with Gasteiger partial charge >= 0.3 is 5.97 Å². The van der Waals surface area contributed by atoms with E-state index in [4.69, 9.17) is 5.11 Å². The van der Waals surface area contributed by atoms with E-state index in [1.165, 1.54) is 0 Å². The van der Waals surface area contributed by atoms with E-state index in [1.807, 2.05) is 0 Å². The molecule has 0 aromatic heterocycles. The summed E-state index contributed by atoms with van der Waals surface area (Å²) in [7, 11) is 0. The molecule has 0 amide bonds. The Morgan fingerprint density at radius 2 is 1.75 bits per heavy atom. The van der Waals surface area contributed by atoms with Crippen molar-refractivity contribution < 1.29 is 25.2 Å². The summed E-state index contributed by atoms with van der Waals surface area (Å²) < 4.78 is 0. The Balaban J connectivity index is 1.58. The average molecular weight is 395 g/mol. The van der Waals surface area contributed by atoms with Gasteiger partial charge in [0.2, 0.25) is 0 Å². The number of hydrogen-bond acceptors (Lipinski definition) is 4. The van der Waals surface area contributed by atoms with Crippen molar-refractivity contribution in [1.82, 2.24) is 0 Å². The van der Waals surface area contributed by atoms with Gasteiger partial charge in [0, 0.05) is 6.42 Å². The molecule has 4 aliphatic rings. The second-order valence-electron chi connectivity index (χ2n) is 10.9. The summed E-state index contributed by atoms with van der Waals surface area (Å²) in [5.74, 6) is 0.810. The first kappa shape index (κ1) is 20.6. The minimum atomic E-state index is -0.745. The molecule has 10 atom stereocenters. The molecular weight excluding hydrogens is 356 g/mol. The number of aliphatic hydroxyl groups excluding tert-OH is 3. The number of rotatable bonds is 4. The van der Waals surface area contributed by atoms with Crippen LogP contribution in [0.2, 0.25) is 0 Å². The molecule has 4 rings (SSSR count). The largest absolute Gasteiger partial charge is 0.481 e. The second-order valence-corrected chi connectivity index (χ2v) is 10.9. The lowest BCUT2D eigenvalue weighted by atomic mass is 9.43. The molecule has 4 saturated carbocycles. The molecule has 5 heteroatoms. The summed E-state index contributed by atoms with van der Waals surface area (Å²) in [6, 6.07) is 0. The van der Waals surface area contributed by atoms with Gasteiger partial charge in [-0.25, -0.2) is 0 Å². The standard InChI is InChI=1S/C23H38O5/c1-22-9-8-15(24)10-14(22)11-18(25)21-16-7-6-13(4-3-5-20(27)28)23(16,2)19(26)12-17(21)22/h13-19,21,24-26H,3-12H2,1-2H3,(H,27,28)/t13-,14-,15+,16-,17-,18+,19-,21-,22-,23+/m0/s1. The van der Waals surface area contributed by atoms with Crippen LogP contribution in [0.3, 0.4) is 0 Å². The van der Waals surface area contributed by atoms with Gasteiger partial charge in [0.15, 0.2) is 0 Å². The lowest BCUT2D eigenvalue weighted by Gasteiger charge is -2.63. The molecule has 0 bridgehead atoms. The Morgan fingerprint density at radius 1 is 1.00 bits per heavy atom. The highest BCUT2D eigenvalue weighted by Crippen LogP contribution is 2.67. The number of carboxylic acid groups (broad SMARTS) is 1. The van der Waals surface area contributed by atoms with Crippen LogP contribution >= 0.6 is 0 Å². The normalized spacial score (nSPS) is 53.2. The van der Waals surface area contributed by atoms with Gasteiger partial charge in [-0.3, -0.25) is 4.79 Å². The van der Waals surface area contributed by atoms with E-state index in [0.29, 0.717) is 30.1 Å². The summed E-state index contributed by atoms with van der Waals surface area (Å²) in [6.45, 7) is 4.56. The summed E-state index contributed by atoms with van der Waals surface area (Å²) in [6.07, 6.45) is 6.95. The molecule has 160 valence electrons. The molecule has 0 radical (unpaired) electrons. The summed E-state index contributed by atoms with van der Waals surface area (Å²) in [4.78, 5) is 10.9. The van der Waals surface area contributed by atoms with E-state index >= 15 is 0 Å². The van der Waals surface area contributed by atoms with Crippen LogP contribution in [0.25, 0.3) is 0 Å². The van der Waals surface area contributed by atoms with Gasteiger partial charge < -0.3 is 20.4 Å². The fourth-order valence-corrected chi connectivity index (χ4v) is 8.26. The van der Waals surface area contributed by atoms with E-state index in [0.717, 1.165) is 51.4 Å². The quantitative estimate of drug-likeness (QED) is 0.587. The van der Waals surface area contributed by atoms with Gasteiger partial charge in [0.05, 0.1) is 18.3 Å². The number of aliphatic hydroxyl groups is 3. The maximum Gasteiger partial charge on any atom is 0.303 e. The van der Waals surface area contributed by atoms with Crippen LogP contribution < -0.4 is 0 Å². The van der Waals surface area contributed by atoms with Crippen LogP contribution in [0, 0.1) is 40.4 Å². The van der Waals surface area contributed by atoms with Crippen LogP contribution in [0.5, 0.6) is 0 Å². The lowest BCUT2D eigenvalue weighted by Crippen LogP contribution is -2.62. The van der Waals surface area contributed by atoms with Gasteiger partial charge in [-0.1, -0.05) is 13.8 Å². The molecule has 5 nitrogen and oxygen atoms in total. The van der Waals surface area contributed by atoms with Crippen molar-refractivity contribution in [3.8, 4) is 0 Å². The third-order valence-electron chi connectivity index (χ3n) is 9.90. The monoisotopic (exact) mass is 394 g/mol. The minimum absolute atomic E-state index is 0.104. The Hall–Kier alpha value is -0.650. The van der Waals surface area contributed by atoms with E-state index in [-0.39, 0.29) is 41.5 Å². The van der Waals surface area contributed by atoms with Crippen LogP contribution in [0.4, 0.5) is 0 Å². The highest BCUT2D eigenvalue weighted by atomic mass is 16.4. The maximum absolute atomic E-state index is 11.4. The number of hydrogen-bond donors (Lipinski definition) is 4. The predicted octanol–water partition coefficient (Wildman–Crippen LogP) is 3.20. The highest BCUT2D eigenvalue weighted by Gasteiger charge is 2.65. The fraction of sp³-hybridized carbons (Fsp3) is 0.957. The summed E-state index contributed by atoms with van der Waals surface area (Å²) >= 11 is 0. The van der Waals surface area contributed by atoms with E-state index in [2.05, 4.69) is 13.8 Å². The smallest absolute Gasteiger partial charge is 0.303 e. The molecule has 0 aromatic rings. The van der Waals surface area contributed by atoms with Crippen molar-refractivity contribution in [2.45, 2.75) is 96.4 Å². The molecule has 0 heterocycles. The molecule has 0 saturated heterocycles. The molecule has 0 aliphatic heterocycles. The topological polar surface area (TPSA) is 98.0 Å². The summed E-state index contributed by atoms with van der Waals surface area (Å²) in [5, 5.41) is 41.7. The molecule has 4 aliphatic carbocycles. The average Bonchev–Trinajstić information content (AvgIpc) is 2.95. The SMILES string of the molecule is C[C@]12CC[C@@H](O)C[C@H]1C[C@@H](O)[C@@H]1[C@@H]2C[C@H](O)[C@]2(C)[C@@H](CCCC(=O)O)CC[C@@H]12. The zero-order valence-electron chi connectivity index (χ0n) is 17.4. The molecule has 0 aromatic carbocycles. The number of fused-ring (bicyclic) bond motifs is 5. The third-order valence-corrected chi connectivity index (χ3v) is 9.90. The first-order valence-electron chi connectivity index (χ1n) is 11.4. The van der Waals surface area contributed by atoms with Crippen molar-refractivity contribution in [3.63, 3.8) is 0 Å². The van der Waals surface area contributed by atoms with Crippen LogP contribution in [-0.4, -0.2) is 44.7 Å². The maximum atomic E-state index is 11.4. The molecule has 4 fully saturated rings. The van der Waals surface area contributed by atoms with Gasteiger partial charge in [-0.15, -0.1) is 0 Å². The van der Waals surface area contributed by atoms with Gasteiger partial charge in [-0.2, -0.15) is 0 Å². The molecule has 4 N–H and O–H groups in total. The highest BCUT2D eigenvalue weighted by molar-refractivity contribution is 5.66.